The van der Waals surface area contributed by atoms with Gasteiger partial charge in [0.2, 0.25) is 5.28 Å². The van der Waals surface area contributed by atoms with Crippen LogP contribution in [0.2, 0.25) is 5.28 Å². The van der Waals surface area contributed by atoms with Crippen molar-refractivity contribution in [3.63, 3.8) is 0 Å². The number of hydrogen-bond acceptors (Lipinski definition) is 4. The molecule has 1 aliphatic carbocycles. The van der Waals surface area contributed by atoms with E-state index in [0.717, 1.165) is 29.6 Å². The van der Waals surface area contributed by atoms with Crippen molar-refractivity contribution in [1.82, 2.24) is 9.97 Å². The van der Waals surface area contributed by atoms with Crippen LogP contribution in [0.25, 0.3) is 0 Å². The van der Waals surface area contributed by atoms with Crippen LogP contribution in [0, 0.1) is 5.92 Å². The molecule has 2 rings (SSSR count). The number of nitrogens with zero attached hydrogens (tertiary/aromatic N) is 3. The zero-order chi connectivity index (χ0) is 12.4. The smallest absolute Gasteiger partial charge is 0.224 e. The molecular formula is C11H15BrClN3O. The van der Waals surface area contributed by atoms with Gasteiger partial charge in [-0.2, -0.15) is 4.98 Å². The molecule has 1 heterocycles. The van der Waals surface area contributed by atoms with Crippen molar-refractivity contribution in [3.8, 4) is 0 Å². The molecule has 1 saturated carbocycles. The molecule has 0 radical (unpaired) electrons. The topological polar surface area (TPSA) is 49.2 Å². The monoisotopic (exact) mass is 319 g/mol. The van der Waals surface area contributed by atoms with Gasteiger partial charge in [0.05, 0.1) is 4.47 Å². The summed E-state index contributed by atoms with van der Waals surface area (Å²) >= 11 is 9.25. The van der Waals surface area contributed by atoms with Crippen LogP contribution in [0.15, 0.2) is 10.7 Å². The van der Waals surface area contributed by atoms with Gasteiger partial charge in [-0.1, -0.05) is 6.42 Å². The third kappa shape index (κ3) is 2.72. The quantitative estimate of drug-likeness (QED) is 0.869. The van der Waals surface area contributed by atoms with Gasteiger partial charge in [0.15, 0.2) is 0 Å². The van der Waals surface area contributed by atoms with Gasteiger partial charge < -0.3 is 10.0 Å². The Morgan fingerprint density at radius 2 is 2.35 bits per heavy atom. The first kappa shape index (κ1) is 13.1. The van der Waals surface area contributed by atoms with Gasteiger partial charge in [-0.15, -0.1) is 0 Å². The van der Waals surface area contributed by atoms with E-state index in [1.807, 2.05) is 7.05 Å². The number of anilines is 1. The van der Waals surface area contributed by atoms with E-state index in [1.165, 1.54) is 0 Å². The Bertz CT molecular complexity index is 404. The molecule has 6 heteroatoms. The average Bonchev–Trinajstić information content (AvgIpc) is 2.79. The molecule has 1 aliphatic rings. The molecule has 0 aromatic carbocycles. The molecule has 94 valence electrons. The molecule has 2 unspecified atom stereocenters. The van der Waals surface area contributed by atoms with E-state index in [9.17, 15) is 5.11 Å². The third-order valence-corrected chi connectivity index (χ3v) is 4.12. The SMILES string of the molecule is CN(c1nc(Cl)ncc1Br)C1CCCC1CO. The summed E-state index contributed by atoms with van der Waals surface area (Å²) in [6, 6.07) is 0.322. The molecule has 1 N–H and O–H groups in total. The number of rotatable bonds is 3. The van der Waals surface area contributed by atoms with Gasteiger partial charge in [-0.05, 0) is 40.4 Å². The van der Waals surface area contributed by atoms with Crippen molar-refractivity contribution in [2.75, 3.05) is 18.6 Å². The fraction of sp³-hybridized carbons (Fsp3) is 0.636. The minimum absolute atomic E-state index is 0.228. The molecule has 1 aromatic heterocycles. The summed E-state index contributed by atoms with van der Waals surface area (Å²) in [6.07, 6.45) is 4.96. The summed E-state index contributed by atoms with van der Waals surface area (Å²) < 4.78 is 0.827. The summed E-state index contributed by atoms with van der Waals surface area (Å²) in [5.74, 6) is 1.11. The van der Waals surface area contributed by atoms with Gasteiger partial charge in [-0.3, -0.25) is 0 Å². The summed E-state index contributed by atoms with van der Waals surface area (Å²) in [5.41, 5.74) is 0. The molecule has 0 aliphatic heterocycles. The Morgan fingerprint density at radius 1 is 1.59 bits per heavy atom. The largest absolute Gasteiger partial charge is 0.396 e. The second-order valence-corrected chi connectivity index (χ2v) is 5.55. The summed E-state index contributed by atoms with van der Waals surface area (Å²) in [4.78, 5) is 10.2. The first-order chi connectivity index (χ1) is 8.13. The minimum Gasteiger partial charge on any atom is -0.396 e. The van der Waals surface area contributed by atoms with Crippen LogP contribution in [0.3, 0.4) is 0 Å². The maximum atomic E-state index is 9.36. The van der Waals surface area contributed by atoms with Gasteiger partial charge in [0, 0.05) is 31.8 Å². The van der Waals surface area contributed by atoms with Crippen molar-refractivity contribution in [2.24, 2.45) is 5.92 Å². The number of aliphatic hydroxyl groups excluding tert-OH is 1. The predicted octanol–water partition coefficient (Wildman–Crippen LogP) is 2.49. The van der Waals surface area contributed by atoms with Crippen LogP contribution in [0.4, 0.5) is 5.82 Å². The van der Waals surface area contributed by atoms with Crippen molar-refractivity contribution < 1.29 is 5.11 Å². The molecule has 2 atom stereocenters. The van der Waals surface area contributed by atoms with Crippen LogP contribution in [0.5, 0.6) is 0 Å². The second kappa shape index (κ2) is 5.50. The maximum absolute atomic E-state index is 9.36. The molecule has 0 saturated heterocycles. The second-order valence-electron chi connectivity index (χ2n) is 4.36. The number of aliphatic hydroxyl groups is 1. The molecule has 1 fully saturated rings. The molecule has 17 heavy (non-hydrogen) atoms. The zero-order valence-electron chi connectivity index (χ0n) is 9.61. The van der Waals surface area contributed by atoms with Crippen molar-refractivity contribution in [3.05, 3.63) is 16.0 Å². The molecule has 0 spiro atoms. The van der Waals surface area contributed by atoms with E-state index in [1.54, 1.807) is 6.20 Å². The molecule has 4 nitrogen and oxygen atoms in total. The molecule has 1 aromatic rings. The van der Waals surface area contributed by atoms with E-state index >= 15 is 0 Å². The fourth-order valence-electron chi connectivity index (χ4n) is 2.48. The van der Waals surface area contributed by atoms with Crippen molar-refractivity contribution in [1.29, 1.82) is 0 Å². The van der Waals surface area contributed by atoms with E-state index in [-0.39, 0.29) is 11.9 Å². The van der Waals surface area contributed by atoms with Crippen LogP contribution in [-0.2, 0) is 0 Å². The molecule has 0 amide bonds. The fourth-order valence-corrected chi connectivity index (χ4v) is 3.08. The van der Waals surface area contributed by atoms with E-state index < -0.39 is 0 Å². The van der Waals surface area contributed by atoms with Crippen LogP contribution >= 0.6 is 27.5 Å². The third-order valence-electron chi connectivity index (χ3n) is 3.38. The van der Waals surface area contributed by atoms with Crippen molar-refractivity contribution >= 4 is 33.3 Å². The highest BCUT2D eigenvalue weighted by molar-refractivity contribution is 9.10. The lowest BCUT2D eigenvalue weighted by Crippen LogP contribution is -2.36. The normalized spacial score (nSPS) is 24.0. The van der Waals surface area contributed by atoms with Gasteiger partial charge in [-0.25, -0.2) is 4.98 Å². The van der Waals surface area contributed by atoms with Gasteiger partial charge >= 0.3 is 0 Å². The van der Waals surface area contributed by atoms with E-state index in [2.05, 4.69) is 30.8 Å². The standard InChI is InChI=1S/C11H15BrClN3O/c1-16(9-4-2-3-7(9)6-17)10-8(12)5-14-11(13)15-10/h5,7,9,17H,2-4,6H2,1H3. The summed E-state index contributed by atoms with van der Waals surface area (Å²) in [5, 5.41) is 9.60. The highest BCUT2D eigenvalue weighted by Crippen LogP contribution is 2.34. The Kier molecular flexibility index (Phi) is 4.22. The Hall–Kier alpha value is -0.390. The summed E-state index contributed by atoms with van der Waals surface area (Å²) in [6.45, 7) is 0.228. The van der Waals surface area contributed by atoms with Crippen LogP contribution in [0.1, 0.15) is 19.3 Å². The minimum atomic E-state index is 0.228. The first-order valence-corrected chi connectivity index (χ1v) is 6.82. The van der Waals surface area contributed by atoms with Crippen molar-refractivity contribution in [2.45, 2.75) is 25.3 Å². The Morgan fingerprint density at radius 3 is 3.06 bits per heavy atom. The summed E-state index contributed by atoms with van der Waals surface area (Å²) in [7, 11) is 1.99. The first-order valence-electron chi connectivity index (χ1n) is 5.65. The highest BCUT2D eigenvalue weighted by Gasteiger charge is 2.31. The lowest BCUT2D eigenvalue weighted by molar-refractivity contribution is 0.216. The average molecular weight is 321 g/mol. The number of hydrogen-bond donors (Lipinski definition) is 1. The highest BCUT2D eigenvalue weighted by atomic mass is 79.9. The van der Waals surface area contributed by atoms with E-state index in [0.29, 0.717) is 12.0 Å². The maximum Gasteiger partial charge on any atom is 0.224 e. The van der Waals surface area contributed by atoms with Crippen LogP contribution < -0.4 is 4.90 Å². The Balaban J connectivity index is 2.24. The lowest BCUT2D eigenvalue weighted by Gasteiger charge is -2.30. The number of halogens is 2. The van der Waals surface area contributed by atoms with Gasteiger partial charge in [0.25, 0.3) is 0 Å². The van der Waals surface area contributed by atoms with Gasteiger partial charge in [0.1, 0.15) is 5.82 Å². The Labute approximate surface area is 114 Å². The molecular weight excluding hydrogens is 305 g/mol. The van der Waals surface area contributed by atoms with E-state index in [4.69, 9.17) is 11.6 Å². The zero-order valence-corrected chi connectivity index (χ0v) is 11.9. The lowest BCUT2D eigenvalue weighted by atomic mass is 10.0. The number of aromatic nitrogens is 2. The predicted molar refractivity (Wildman–Crippen MR) is 71.4 cm³/mol. The van der Waals surface area contributed by atoms with Crippen LogP contribution in [-0.4, -0.2) is 34.8 Å². The molecule has 0 bridgehead atoms.